The summed E-state index contributed by atoms with van der Waals surface area (Å²) in [5.74, 6) is -1.76. The van der Waals surface area contributed by atoms with Crippen molar-refractivity contribution < 1.29 is 14.7 Å². The largest absolute Gasteiger partial charge is 0.477 e. The highest BCUT2D eigenvalue weighted by Crippen LogP contribution is 2.32. The lowest BCUT2D eigenvalue weighted by Crippen LogP contribution is -2.28. The number of fused-ring (bicyclic) bond motifs is 1. The third-order valence-electron chi connectivity index (χ3n) is 5.08. The Labute approximate surface area is 185 Å². The zero-order valence-electron chi connectivity index (χ0n) is 16.2. The lowest BCUT2D eigenvalue weighted by Gasteiger charge is -2.18. The topological polar surface area (TPSA) is 102 Å². The van der Waals surface area contributed by atoms with Gasteiger partial charge in [-0.3, -0.25) is 14.2 Å². The fourth-order valence-corrected chi connectivity index (χ4v) is 4.01. The van der Waals surface area contributed by atoms with Crippen LogP contribution in [0.15, 0.2) is 82.1 Å². The SMILES string of the molecule is NC(=O)c1ccc(Cn2c(C(=O)O)c(-c3ccccc3)c3cc(Br)ccc3c2=O)cc1. The number of carboxylic acid groups (broad SMARTS) is 1. The number of nitrogens with two attached hydrogens (primary N) is 1. The van der Waals surface area contributed by atoms with Gasteiger partial charge in [0.15, 0.2) is 0 Å². The van der Waals surface area contributed by atoms with Crippen LogP contribution in [-0.2, 0) is 6.54 Å². The predicted molar refractivity (Wildman–Crippen MR) is 122 cm³/mol. The highest BCUT2D eigenvalue weighted by molar-refractivity contribution is 9.10. The van der Waals surface area contributed by atoms with Gasteiger partial charge in [0.1, 0.15) is 5.69 Å². The summed E-state index contributed by atoms with van der Waals surface area (Å²) in [6.45, 7) is 0.0331. The summed E-state index contributed by atoms with van der Waals surface area (Å²) >= 11 is 3.42. The summed E-state index contributed by atoms with van der Waals surface area (Å²) in [7, 11) is 0. The van der Waals surface area contributed by atoms with Gasteiger partial charge < -0.3 is 10.8 Å². The van der Waals surface area contributed by atoms with Crippen LogP contribution in [0.1, 0.15) is 26.4 Å². The molecule has 0 unspecified atom stereocenters. The van der Waals surface area contributed by atoms with E-state index in [0.717, 1.165) is 4.47 Å². The van der Waals surface area contributed by atoms with Crippen LogP contribution >= 0.6 is 15.9 Å². The molecule has 0 aliphatic rings. The second kappa shape index (κ2) is 8.20. The van der Waals surface area contributed by atoms with Gasteiger partial charge in [-0.05, 0) is 46.8 Å². The van der Waals surface area contributed by atoms with Gasteiger partial charge in [-0.25, -0.2) is 4.79 Å². The molecule has 0 fully saturated rings. The third-order valence-corrected chi connectivity index (χ3v) is 5.57. The third kappa shape index (κ3) is 3.87. The number of benzene rings is 3. The molecule has 0 atom stereocenters. The molecule has 7 heteroatoms. The molecular weight excluding hydrogens is 460 g/mol. The maximum atomic E-state index is 13.3. The van der Waals surface area contributed by atoms with Crippen LogP contribution < -0.4 is 11.3 Å². The summed E-state index contributed by atoms with van der Waals surface area (Å²) in [6.07, 6.45) is 0. The Balaban J connectivity index is 2.03. The van der Waals surface area contributed by atoms with Crippen molar-refractivity contribution in [1.82, 2.24) is 4.57 Å². The molecule has 3 aromatic carbocycles. The fourth-order valence-electron chi connectivity index (χ4n) is 3.65. The minimum atomic E-state index is -1.20. The van der Waals surface area contributed by atoms with E-state index in [0.29, 0.717) is 33.0 Å². The number of halogens is 1. The Morgan fingerprint density at radius 3 is 2.23 bits per heavy atom. The number of primary amides is 1. The Morgan fingerprint density at radius 1 is 0.935 bits per heavy atom. The van der Waals surface area contributed by atoms with Crippen molar-refractivity contribution in [2.45, 2.75) is 6.54 Å². The van der Waals surface area contributed by atoms with Gasteiger partial charge in [-0.1, -0.05) is 58.4 Å². The standard InChI is InChI=1S/C24H17BrN2O4/c25-17-10-11-18-19(12-17)20(15-4-2-1-3-5-15)21(24(30)31)27(23(18)29)13-14-6-8-16(9-7-14)22(26)28/h1-12H,13H2,(H2,26,28)(H,30,31). The lowest BCUT2D eigenvalue weighted by atomic mass is 9.96. The van der Waals surface area contributed by atoms with Crippen molar-refractivity contribution in [3.8, 4) is 11.1 Å². The van der Waals surface area contributed by atoms with E-state index in [9.17, 15) is 19.5 Å². The molecular formula is C24H17BrN2O4. The zero-order chi connectivity index (χ0) is 22.1. The van der Waals surface area contributed by atoms with Crippen molar-refractivity contribution in [2.75, 3.05) is 0 Å². The van der Waals surface area contributed by atoms with Gasteiger partial charge in [0.2, 0.25) is 5.91 Å². The number of carboxylic acids is 1. The summed E-state index contributed by atoms with van der Waals surface area (Å²) in [6, 6.07) is 20.8. The molecule has 0 spiro atoms. The van der Waals surface area contributed by atoms with Crippen molar-refractivity contribution in [3.05, 3.63) is 104 Å². The molecule has 154 valence electrons. The Morgan fingerprint density at radius 2 is 1.61 bits per heavy atom. The first-order chi connectivity index (χ1) is 14.9. The van der Waals surface area contributed by atoms with Crippen LogP contribution in [0, 0.1) is 0 Å². The number of aromatic nitrogens is 1. The highest BCUT2D eigenvalue weighted by atomic mass is 79.9. The van der Waals surface area contributed by atoms with Crippen LogP contribution in [0.4, 0.5) is 0 Å². The molecule has 0 bridgehead atoms. The summed E-state index contributed by atoms with van der Waals surface area (Å²) in [4.78, 5) is 37.1. The molecule has 0 aliphatic carbocycles. The van der Waals surface area contributed by atoms with Crippen LogP contribution in [-0.4, -0.2) is 21.6 Å². The summed E-state index contributed by atoms with van der Waals surface area (Å²) in [5.41, 5.74) is 6.96. The number of carbonyl (C=O) groups is 2. The molecule has 6 nitrogen and oxygen atoms in total. The molecule has 31 heavy (non-hydrogen) atoms. The molecule has 0 radical (unpaired) electrons. The number of aromatic carboxylic acids is 1. The molecule has 4 rings (SSSR count). The van der Waals surface area contributed by atoms with Crippen LogP contribution in [0.2, 0.25) is 0 Å². The molecule has 0 aliphatic heterocycles. The van der Waals surface area contributed by atoms with E-state index < -0.39 is 17.4 Å². The second-order valence-corrected chi connectivity index (χ2v) is 7.95. The van der Waals surface area contributed by atoms with E-state index in [1.165, 1.54) is 4.57 Å². The smallest absolute Gasteiger partial charge is 0.353 e. The Bertz CT molecular complexity index is 1380. The van der Waals surface area contributed by atoms with E-state index in [2.05, 4.69) is 15.9 Å². The number of amides is 1. The molecule has 3 N–H and O–H groups in total. The predicted octanol–water partition coefficient (Wildman–Crippen LogP) is 4.28. The molecule has 0 saturated carbocycles. The first-order valence-electron chi connectivity index (χ1n) is 9.40. The van der Waals surface area contributed by atoms with Crippen molar-refractivity contribution in [2.24, 2.45) is 5.73 Å². The number of hydrogen-bond donors (Lipinski definition) is 2. The molecule has 0 saturated heterocycles. The monoisotopic (exact) mass is 476 g/mol. The van der Waals surface area contributed by atoms with Gasteiger partial charge in [-0.15, -0.1) is 0 Å². The molecule has 1 aromatic heterocycles. The minimum Gasteiger partial charge on any atom is -0.477 e. The second-order valence-electron chi connectivity index (χ2n) is 7.04. The Kier molecular flexibility index (Phi) is 5.44. The van der Waals surface area contributed by atoms with E-state index in [1.807, 2.05) is 30.3 Å². The van der Waals surface area contributed by atoms with E-state index >= 15 is 0 Å². The zero-order valence-corrected chi connectivity index (χ0v) is 17.8. The first-order valence-corrected chi connectivity index (χ1v) is 10.2. The van der Waals surface area contributed by atoms with Gasteiger partial charge in [0.25, 0.3) is 5.56 Å². The lowest BCUT2D eigenvalue weighted by molar-refractivity contribution is 0.0685. The molecule has 1 heterocycles. The molecule has 1 amide bonds. The van der Waals surface area contributed by atoms with Gasteiger partial charge in [0.05, 0.1) is 6.54 Å². The van der Waals surface area contributed by atoms with Crippen LogP contribution in [0.3, 0.4) is 0 Å². The number of rotatable bonds is 5. The van der Waals surface area contributed by atoms with Crippen LogP contribution in [0.25, 0.3) is 21.9 Å². The summed E-state index contributed by atoms with van der Waals surface area (Å²) in [5, 5.41) is 11.1. The average Bonchev–Trinajstić information content (AvgIpc) is 2.76. The van der Waals surface area contributed by atoms with E-state index in [-0.39, 0.29) is 12.2 Å². The van der Waals surface area contributed by atoms with Gasteiger partial charge in [-0.2, -0.15) is 0 Å². The number of pyridine rings is 1. The van der Waals surface area contributed by atoms with E-state index in [4.69, 9.17) is 5.73 Å². The maximum absolute atomic E-state index is 13.3. The molecule has 4 aromatic rings. The summed E-state index contributed by atoms with van der Waals surface area (Å²) < 4.78 is 2.01. The Hall–Kier alpha value is -3.71. The quantitative estimate of drug-likeness (QED) is 0.448. The van der Waals surface area contributed by atoms with Crippen molar-refractivity contribution in [3.63, 3.8) is 0 Å². The maximum Gasteiger partial charge on any atom is 0.353 e. The number of hydrogen-bond acceptors (Lipinski definition) is 3. The van der Waals surface area contributed by atoms with Crippen molar-refractivity contribution in [1.29, 1.82) is 0 Å². The van der Waals surface area contributed by atoms with Gasteiger partial charge >= 0.3 is 5.97 Å². The first kappa shape index (κ1) is 20.6. The van der Waals surface area contributed by atoms with Gasteiger partial charge in [0, 0.05) is 21.0 Å². The fraction of sp³-hybridized carbons (Fsp3) is 0.0417. The number of carbonyl (C=O) groups excluding carboxylic acids is 1. The average molecular weight is 477 g/mol. The van der Waals surface area contributed by atoms with E-state index in [1.54, 1.807) is 42.5 Å². The minimum absolute atomic E-state index is 0.0331. The number of nitrogens with zero attached hydrogens (tertiary/aromatic N) is 1. The highest BCUT2D eigenvalue weighted by Gasteiger charge is 2.23. The van der Waals surface area contributed by atoms with Crippen LogP contribution in [0.5, 0.6) is 0 Å². The van der Waals surface area contributed by atoms with Crippen molar-refractivity contribution >= 4 is 38.6 Å². The normalized spacial score (nSPS) is 10.9.